The highest BCUT2D eigenvalue weighted by atomic mass is 16.3. The third-order valence-electron chi connectivity index (χ3n) is 2.96. The van der Waals surface area contributed by atoms with Crippen LogP contribution in [0.4, 0.5) is 0 Å². The summed E-state index contributed by atoms with van der Waals surface area (Å²) < 4.78 is 5.31. The second-order valence-corrected chi connectivity index (χ2v) is 4.92. The normalized spacial score (nSPS) is 11.2. The van der Waals surface area contributed by atoms with Crippen molar-refractivity contribution in [2.45, 2.75) is 26.7 Å². The highest BCUT2D eigenvalue weighted by Crippen LogP contribution is 2.14. The molecular formula is C16H18N2O2. The summed E-state index contributed by atoms with van der Waals surface area (Å²) in [4.78, 5) is 11.9. The van der Waals surface area contributed by atoms with Gasteiger partial charge in [-0.25, -0.2) is 5.43 Å². The summed E-state index contributed by atoms with van der Waals surface area (Å²) in [6, 6.07) is 11.2. The molecule has 4 heteroatoms. The van der Waals surface area contributed by atoms with Gasteiger partial charge in [0, 0.05) is 5.56 Å². The summed E-state index contributed by atoms with van der Waals surface area (Å²) in [7, 11) is 0. The number of hydrogen-bond acceptors (Lipinski definition) is 3. The fourth-order valence-corrected chi connectivity index (χ4v) is 1.76. The van der Waals surface area contributed by atoms with Crippen molar-refractivity contribution in [2.24, 2.45) is 5.10 Å². The standard InChI is InChI=1S/C16H18N2O2/c1-11(2)13-5-7-14(8-6-13)16(19)18-17-10-15-9-4-12(3)20-15/h4-11H,1-3H3,(H,18,19)/b17-10+. The van der Waals surface area contributed by atoms with Gasteiger partial charge in [0.25, 0.3) is 5.91 Å². The lowest BCUT2D eigenvalue weighted by Gasteiger charge is -2.05. The zero-order valence-corrected chi connectivity index (χ0v) is 11.9. The summed E-state index contributed by atoms with van der Waals surface area (Å²) in [5.41, 5.74) is 4.27. The molecule has 0 saturated carbocycles. The fourth-order valence-electron chi connectivity index (χ4n) is 1.76. The first-order chi connectivity index (χ1) is 9.56. The van der Waals surface area contributed by atoms with Crippen molar-refractivity contribution in [3.8, 4) is 0 Å². The Kier molecular flexibility index (Phi) is 4.35. The van der Waals surface area contributed by atoms with E-state index >= 15 is 0 Å². The number of hydrazone groups is 1. The predicted octanol–water partition coefficient (Wildman–Crippen LogP) is 3.48. The highest BCUT2D eigenvalue weighted by molar-refractivity contribution is 5.94. The number of furan rings is 1. The van der Waals surface area contributed by atoms with Crippen molar-refractivity contribution in [3.05, 3.63) is 59.0 Å². The quantitative estimate of drug-likeness (QED) is 0.683. The fraction of sp³-hybridized carbons (Fsp3) is 0.250. The molecule has 4 nitrogen and oxygen atoms in total. The SMILES string of the molecule is Cc1ccc(/C=N/NC(=O)c2ccc(C(C)C)cc2)o1. The monoisotopic (exact) mass is 270 g/mol. The predicted molar refractivity (Wildman–Crippen MR) is 79.0 cm³/mol. The van der Waals surface area contributed by atoms with Crippen LogP contribution in [0.3, 0.4) is 0 Å². The summed E-state index contributed by atoms with van der Waals surface area (Å²) in [6.45, 7) is 6.08. The summed E-state index contributed by atoms with van der Waals surface area (Å²) in [5, 5.41) is 3.87. The average Bonchev–Trinajstić information content (AvgIpc) is 2.84. The third kappa shape index (κ3) is 3.57. The van der Waals surface area contributed by atoms with E-state index in [1.807, 2.05) is 25.1 Å². The lowest BCUT2D eigenvalue weighted by Crippen LogP contribution is -2.17. The van der Waals surface area contributed by atoms with Gasteiger partial charge in [-0.2, -0.15) is 5.10 Å². The maximum absolute atomic E-state index is 11.9. The van der Waals surface area contributed by atoms with E-state index in [0.29, 0.717) is 17.2 Å². The van der Waals surface area contributed by atoms with Crippen molar-refractivity contribution >= 4 is 12.1 Å². The molecule has 1 amide bonds. The van der Waals surface area contributed by atoms with Gasteiger partial charge in [-0.1, -0.05) is 26.0 Å². The van der Waals surface area contributed by atoms with Crippen LogP contribution in [0.15, 0.2) is 45.9 Å². The van der Waals surface area contributed by atoms with E-state index < -0.39 is 0 Å². The molecule has 0 bridgehead atoms. The van der Waals surface area contributed by atoms with Crippen LogP contribution in [0.1, 0.15) is 47.2 Å². The van der Waals surface area contributed by atoms with Crippen molar-refractivity contribution in [1.29, 1.82) is 0 Å². The minimum Gasteiger partial charge on any atom is -0.460 e. The van der Waals surface area contributed by atoms with Gasteiger partial charge in [0.2, 0.25) is 0 Å². The molecular weight excluding hydrogens is 252 g/mol. The molecule has 0 unspecified atom stereocenters. The number of benzene rings is 1. The van der Waals surface area contributed by atoms with Crippen LogP contribution in [0, 0.1) is 6.92 Å². The van der Waals surface area contributed by atoms with Crippen molar-refractivity contribution < 1.29 is 9.21 Å². The molecule has 2 rings (SSSR count). The molecule has 1 N–H and O–H groups in total. The smallest absolute Gasteiger partial charge is 0.271 e. The third-order valence-corrected chi connectivity index (χ3v) is 2.96. The Bertz CT molecular complexity index is 610. The van der Waals surface area contributed by atoms with Crippen LogP contribution in [0.2, 0.25) is 0 Å². The number of carbonyl (C=O) groups is 1. The zero-order valence-electron chi connectivity index (χ0n) is 11.9. The van der Waals surface area contributed by atoms with E-state index in [-0.39, 0.29) is 5.91 Å². The Morgan fingerprint density at radius 1 is 1.20 bits per heavy atom. The van der Waals surface area contributed by atoms with E-state index in [1.54, 1.807) is 18.2 Å². The van der Waals surface area contributed by atoms with Crippen LogP contribution in [0.25, 0.3) is 0 Å². The number of nitrogens with zero attached hydrogens (tertiary/aromatic N) is 1. The lowest BCUT2D eigenvalue weighted by atomic mass is 10.0. The molecule has 0 radical (unpaired) electrons. The minimum absolute atomic E-state index is 0.236. The number of nitrogens with one attached hydrogen (secondary N) is 1. The van der Waals surface area contributed by atoms with Crippen LogP contribution in [-0.2, 0) is 0 Å². The van der Waals surface area contributed by atoms with Gasteiger partial charge in [-0.05, 0) is 42.7 Å². The van der Waals surface area contributed by atoms with Gasteiger partial charge in [0.05, 0.1) is 6.21 Å². The summed E-state index contributed by atoms with van der Waals surface area (Å²) in [6.07, 6.45) is 1.48. The molecule has 1 aromatic carbocycles. The molecule has 2 aromatic rings. The Balaban J connectivity index is 1.96. The van der Waals surface area contributed by atoms with E-state index in [4.69, 9.17) is 4.42 Å². The molecule has 20 heavy (non-hydrogen) atoms. The van der Waals surface area contributed by atoms with Crippen molar-refractivity contribution in [3.63, 3.8) is 0 Å². The number of aryl methyl sites for hydroxylation is 1. The van der Waals surface area contributed by atoms with Crippen LogP contribution in [-0.4, -0.2) is 12.1 Å². The molecule has 0 saturated heterocycles. The minimum atomic E-state index is -0.236. The van der Waals surface area contributed by atoms with Gasteiger partial charge < -0.3 is 4.42 Å². The zero-order chi connectivity index (χ0) is 14.5. The molecule has 0 aliphatic rings. The Labute approximate surface area is 118 Å². The molecule has 0 spiro atoms. The van der Waals surface area contributed by atoms with E-state index in [1.165, 1.54) is 11.8 Å². The Morgan fingerprint density at radius 2 is 1.90 bits per heavy atom. The largest absolute Gasteiger partial charge is 0.460 e. The maximum Gasteiger partial charge on any atom is 0.271 e. The van der Waals surface area contributed by atoms with Crippen molar-refractivity contribution in [2.75, 3.05) is 0 Å². The highest BCUT2D eigenvalue weighted by Gasteiger charge is 2.05. The molecule has 0 atom stereocenters. The first kappa shape index (κ1) is 14.1. The first-order valence-electron chi connectivity index (χ1n) is 6.56. The second kappa shape index (κ2) is 6.19. The summed E-state index contributed by atoms with van der Waals surface area (Å²) >= 11 is 0. The van der Waals surface area contributed by atoms with E-state index in [2.05, 4.69) is 24.4 Å². The maximum atomic E-state index is 11.9. The molecule has 1 aromatic heterocycles. The van der Waals surface area contributed by atoms with Crippen LogP contribution < -0.4 is 5.43 Å². The molecule has 0 fully saturated rings. The molecule has 1 heterocycles. The number of hydrogen-bond donors (Lipinski definition) is 1. The van der Waals surface area contributed by atoms with Crippen LogP contribution in [0.5, 0.6) is 0 Å². The topological polar surface area (TPSA) is 54.6 Å². The average molecular weight is 270 g/mol. The Morgan fingerprint density at radius 3 is 2.45 bits per heavy atom. The van der Waals surface area contributed by atoms with Crippen LogP contribution >= 0.6 is 0 Å². The second-order valence-electron chi connectivity index (χ2n) is 4.92. The van der Waals surface area contributed by atoms with Gasteiger partial charge in [0.15, 0.2) is 0 Å². The van der Waals surface area contributed by atoms with E-state index in [0.717, 1.165) is 5.76 Å². The number of carbonyl (C=O) groups excluding carboxylic acids is 1. The molecule has 104 valence electrons. The molecule has 0 aliphatic carbocycles. The lowest BCUT2D eigenvalue weighted by molar-refractivity contribution is 0.0955. The van der Waals surface area contributed by atoms with Gasteiger partial charge in [-0.3, -0.25) is 4.79 Å². The van der Waals surface area contributed by atoms with Gasteiger partial charge in [0.1, 0.15) is 11.5 Å². The van der Waals surface area contributed by atoms with Crippen molar-refractivity contribution in [1.82, 2.24) is 5.43 Å². The number of amides is 1. The van der Waals surface area contributed by atoms with Gasteiger partial charge >= 0.3 is 0 Å². The summed E-state index contributed by atoms with van der Waals surface area (Å²) in [5.74, 6) is 1.63. The molecule has 0 aliphatic heterocycles. The van der Waals surface area contributed by atoms with Gasteiger partial charge in [-0.15, -0.1) is 0 Å². The Hall–Kier alpha value is -2.36. The van der Waals surface area contributed by atoms with E-state index in [9.17, 15) is 4.79 Å². The number of rotatable bonds is 4. The first-order valence-corrected chi connectivity index (χ1v) is 6.56.